The first-order chi connectivity index (χ1) is 57.3. The summed E-state index contributed by atoms with van der Waals surface area (Å²) in [4.78, 5) is 64.9. The van der Waals surface area contributed by atoms with Crippen molar-refractivity contribution in [2.24, 2.45) is 0 Å². The molecule has 0 atom stereocenters. The lowest BCUT2D eigenvalue weighted by molar-refractivity contribution is -0.136. The van der Waals surface area contributed by atoms with E-state index in [1.54, 1.807) is 42.5 Å². The second kappa shape index (κ2) is 26.9. The van der Waals surface area contributed by atoms with E-state index in [4.69, 9.17) is 69.5 Å². The standard InChI is InChI=1S/C19H9F3O4.3C19H12O4.C18H9FO4/c20-19(21,22)11-2-1-3-12-17(11)18(23)16-10-7-15-14(24-8-25-15)6-9(10)4-5-13(16)26-12;1-10-2-4-14-13(6-10)19(20)18-12-8-17-16(21-9-22-17)7-11(12)3-5-15(18)23-14;1-10-2-4-12-15(6-10)23-14-5-3-11-7-16-17(22-9-21-16)8-13(11)18(14)19(12)20;1-10-3-2-4-12-18(20)17-13-8-16-15(21-9-22-16)7-11(13)5-6-14(17)23-19(10)12;19-10-2-4-13-12(6-10)18(20)17-11-7-16-15(21-8-22-16)5-9(11)1-3-14(17)23-13/h1-7H,8H2;3*2-8H,9H2,1H3;1-7H,8H2. The normalized spacial score (nSPS) is 13.4. The van der Waals surface area contributed by atoms with Gasteiger partial charge in [0.1, 0.15) is 61.6 Å². The van der Waals surface area contributed by atoms with Gasteiger partial charge >= 0.3 is 6.18 Å². The van der Waals surface area contributed by atoms with E-state index in [1.807, 2.05) is 154 Å². The van der Waals surface area contributed by atoms with Crippen LogP contribution >= 0.6 is 0 Å². The highest BCUT2D eigenvalue weighted by Crippen LogP contribution is 2.45. The van der Waals surface area contributed by atoms with Crippen molar-refractivity contribution < 1.29 is 87.0 Å². The van der Waals surface area contributed by atoms with E-state index in [2.05, 4.69) is 0 Å². The van der Waals surface area contributed by atoms with Crippen molar-refractivity contribution in [3.63, 3.8) is 0 Å². The average molecular weight is 1580 g/mol. The summed E-state index contributed by atoms with van der Waals surface area (Å²) in [6, 6.07) is 60.7. The number of ether oxygens (including phenoxy) is 10. The lowest BCUT2D eigenvalue weighted by atomic mass is 10.0. The van der Waals surface area contributed by atoms with E-state index in [0.29, 0.717) is 156 Å². The largest absolute Gasteiger partial charge is 0.456 e. The summed E-state index contributed by atoms with van der Waals surface area (Å²) in [5.41, 5.74) is 5.54. The van der Waals surface area contributed by atoms with Gasteiger partial charge in [-0.15, -0.1) is 0 Å². The van der Waals surface area contributed by atoms with Crippen LogP contribution in [-0.4, -0.2) is 34.0 Å². The van der Waals surface area contributed by atoms with E-state index in [0.717, 1.165) is 60.5 Å². The van der Waals surface area contributed by atoms with Crippen LogP contribution in [0.2, 0.25) is 0 Å². The van der Waals surface area contributed by atoms with Crippen LogP contribution in [0.25, 0.3) is 164 Å². The van der Waals surface area contributed by atoms with E-state index < -0.39 is 28.4 Å². The van der Waals surface area contributed by atoms with Crippen LogP contribution in [0.5, 0.6) is 57.5 Å². The van der Waals surface area contributed by atoms with Crippen LogP contribution in [0.3, 0.4) is 0 Å². The maximum absolute atomic E-state index is 13.5. The molecule has 25 rings (SSSR count). The maximum atomic E-state index is 13.5. The highest BCUT2D eigenvalue weighted by atomic mass is 19.4. The third-order valence-corrected chi connectivity index (χ3v) is 21.6. The minimum absolute atomic E-state index is 0.0191. The summed E-state index contributed by atoms with van der Waals surface area (Å²) >= 11 is 0. The second-order valence-electron chi connectivity index (χ2n) is 28.8. The number of benzene rings is 15. The van der Waals surface area contributed by atoms with Gasteiger partial charge in [0.25, 0.3) is 0 Å². The van der Waals surface area contributed by atoms with E-state index in [1.165, 1.54) is 30.3 Å². The zero-order valence-electron chi connectivity index (χ0n) is 61.9. The average Bonchev–Trinajstić information content (AvgIpc) is 1.02. The Labute approximate surface area is 657 Å². The minimum atomic E-state index is -4.66. The van der Waals surface area contributed by atoms with Gasteiger partial charge in [0.2, 0.25) is 61.1 Å². The third-order valence-electron chi connectivity index (χ3n) is 21.6. The first-order valence-electron chi connectivity index (χ1n) is 37.0. The Bertz CT molecular complexity index is 7880. The molecule has 5 aromatic heterocycles. The Morgan fingerprint density at radius 2 is 0.576 bits per heavy atom. The van der Waals surface area contributed by atoms with Crippen LogP contribution in [0.4, 0.5) is 17.6 Å². The fraction of sp³-hybridized carbons (Fsp3) is 0.0957. The van der Waals surface area contributed by atoms with Crippen LogP contribution in [0.15, 0.2) is 258 Å². The van der Waals surface area contributed by atoms with Crippen molar-refractivity contribution in [3.05, 3.63) is 292 Å². The highest BCUT2D eigenvalue weighted by Gasteiger charge is 2.35. The van der Waals surface area contributed by atoms with Gasteiger partial charge in [0.05, 0.1) is 59.4 Å². The van der Waals surface area contributed by atoms with Crippen molar-refractivity contribution in [1.82, 2.24) is 0 Å². The molecule has 0 spiro atoms. The fourth-order valence-corrected chi connectivity index (χ4v) is 15.9. The van der Waals surface area contributed by atoms with Gasteiger partial charge in [-0.1, -0.05) is 66.2 Å². The van der Waals surface area contributed by atoms with Gasteiger partial charge in [-0.3, -0.25) is 24.0 Å². The minimum Gasteiger partial charge on any atom is -0.456 e. The summed E-state index contributed by atoms with van der Waals surface area (Å²) in [7, 11) is 0. The topological polar surface area (TPSA) is 243 Å². The molecular formula is C94H54F4O20. The maximum Gasteiger partial charge on any atom is 0.417 e. The molecule has 5 aliphatic heterocycles. The summed E-state index contributed by atoms with van der Waals surface area (Å²) in [6.45, 7) is 6.72. The molecule has 0 bridgehead atoms. The number of fused-ring (bicyclic) bond motifs is 25. The Morgan fingerprint density at radius 3 is 1.01 bits per heavy atom. The Hall–Kier alpha value is -15.3. The predicted octanol–water partition coefficient (Wildman–Crippen LogP) is 21.2. The Morgan fingerprint density at radius 1 is 0.254 bits per heavy atom. The number of alkyl halides is 3. The van der Waals surface area contributed by atoms with Crippen molar-refractivity contribution in [3.8, 4) is 57.5 Å². The third kappa shape index (κ3) is 11.7. The molecule has 10 heterocycles. The molecule has 0 saturated carbocycles. The molecular weight excluding hydrogens is 1530 g/mol. The zero-order valence-corrected chi connectivity index (χ0v) is 61.9. The number of rotatable bonds is 0. The van der Waals surface area contributed by atoms with Crippen LogP contribution in [0, 0.1) is 26.6 Å². The molecule has 0 N–H and O–H groups in total. The number of aryl methyl sites for hydroxylation is 3. The van der Waals surface area contributed by atoms with Gasteiger partial charge in [0, 0.05) is 26.9 Å². The summed E-state index contributed by atoms with van der Waals surface area (Å²) in [5.74, 6) is 5.83. The number of halogens is 4. The van der Waals surface area contributed by atoms with Crippen LogP contribution in [0.1, 0.15) is 22.3 Å². The first-order valence-corrected chi connectivity index (χ1v) is 37.0. The Kier molecular flexibility index (Phi) is 16.1. The summed E-state index contributed by atoms with van der Waals surface area (Å²) in [5, 5.41) is 11.7. The summed E-state index contributed by atoms with van der Waals surface area (Å²) < 4.78 is 137. The Balaban J connectivity index is 0.0000000918. The second-order valence-corrected chi connectivity index (χ2v) is 28.8. The molecule has 20 nitrogen and oxygen atoms in total. The molecule has 0 amide bonds. The lowest BCUT2D eigenvalue weighted by Crippen LogP contribution is -2.12. The molecule has 118 heavy (non-hydrogen) atoms. The predicted molar refractivity (Wildman–Crippen MR) is 437 cm³/mol. The van der Waals surface area contributed by atoms with Gasteiger partial charge in [-0.25, -0.2) is 4.39 Å². The molecule has 578 valence electrons. The quantitative estimate of drug-likeness (QED) is 0.0778. The molecule has 0 unspecified atom stereocenters. The van der Waals surface area contributed by atoms with Crippen molar-refractivity contribution in [2.75, 3.05) is 34.0 Å². The number of hydrogen-bond donors (Lipinski definition) is 0. The first kappa shape index (κ1) is 70.5. The number of hydrogen-bond acceptors (Lipinski definition) is 20. The van der Waals surface area contributed by atoms with Crippen molar-refractivity contribution >= 4 is 164 Å². The van der Waals surface area contributed by atoms with Gasteiger partial charge in [-0.2, -0.15) is 13.2 Å². The lowest BCUT2D eigenvalue weighted by Gasteiger charge is -2.11. The molecule has 24 heteroatoms. The van der Waals surface area contributed by atoms with Gasteiger partial charge in [0.15, 0.2) is 57.5 Å². The van der Waals surface area contributed by atoms with Gasteiger partial charge < -0.3 is 69.5 Å². The molecule has 0 radical (unpaired) electrons. The van der Waals surface area contributed by atoms with E-state index in [9.17, 15) is 41.5 Å². The molecule has 0 saturated heterocycles. The summed E-state index contributed by atoms with van der Waals surface area (Å²) in [6.07, 6.45) is -4.66. The highest BCUT2D eigenvalue weighted by molar-refractivity contribution is 6.14. The number of para-hydroxylation sites is 1. The van der Waals surface area contributed by atoms with Gasteiger partial charge in [-0.05, 0) is 210 Å². The smallest absolute Gasteiger partial charge is 0.417 e. The molecule has 15 aromatic carbocycles. The van der Waals surface area contributed by atoms with Crippen LogP contribution in [-0.2, 0) is 6.18 Å². The molecule has 20 aromatic rings. The molecule has 0 fully saturated rings. The van der Waals surface area contributed by atoms with Crippen molar-refractivity contribution in [2.45, 2.75) is 26.9 Å². The molecule has 0 aliphatic carbocycles. The fourth-order valence-electron chi connectivity index (χ4n) is 15.9. The van der Waals surface area contributed by atoms with Crippen molar-refractivity contribution in [1.29, 1.82) is 0 Å². The molecule has 5 aliphatic rings. The SMILES string of the molecule is Cc1ccc2c(=O)c3c(ccc4cc5c(cc43)OCO5)oc2c1.Cc1ccc2oc3ccc4cc5c(cc4c3c(=O)c2c1)OCO5.Cc1cccc2c(=O)c3c(ccc4cc5c(cc43)OCO5)oc12.O=c1c2c(C(F)(F)F)cccc2oc2ccc3cc4c(cc3c12)OCO4.O=c1c2cc(F)ccc2oc2ccc3cc4c(cc3c12)OCO4. The van der Waals surface area contributed by atoms with Crippen LogP contribution < -0.4 is 74.5 Å². The monoisotopic (exact) mass is 1580 g/mol. The van der Waals surface area contributed by atoms with E-state index in [-0.39, 0.29) is 77.6 Å². The zero-order chi connectivity index (χ0) is 80.3. The van der Waals surface area contributed by atoms with E-state index >= 15 is 0 Å².